The highest BCUT2D eigenvalue weighted by atomic mass is 15.1. The molecule has 9 heteroatoms. The van der Waals surface area contributed by atoms with E-state index in [1.54, 1.807) is 24.8 Å². The summed E-state index contributed by atoms with van der Waals surface area (Å²) in [5.74, 6) is 0.650. The van der Waals surface area contributed by atoms with Crippen LogP contribution in [-0.2, 0) is 0 Å². The van der Waals surface area contributed by atoms with Crippen molar-refractivity contribution < 1.29 is 0 Å². The van der Waals surface area contributed by atoms with Gasteiger partial charge in [-0.3, -0.25) is 25.0 Å². The maximum absolute atomic E-state index is 4.87. The number of rotatable bonds is 5. The van der Waals surface area contributed by atoms with Crippen LogP contribution in [0.3, 0.4) is 0 Å². The van der Waals surface area contributed by atoms with Crippen LogP contribution in [0.5, 0.6) is 0 Å². The van der Waals surface area contributed by atoms with Crippen molar-refractivity contribution in [2.45, 2.75) is 19.9 Å². The van der Waals surface area contributed by atoms with E-state index in [0.717, 1.165) is 50.1 Å². The van der Waals surface area contributed by atoms with E-state index in [1.807, 2.05) is 42.7 Å². The Morgan fingerprint density at radius 1 is 0.882 bits per heavy atom. The minimum Gasteiger partial charge on any atom is -0.382 e. The van der Waals surface area contributed by atoms with Gasteiger partial charge in [-0.25, -0.2) is 4.98 Å². The van der Waals surface area contributed by atoms with Gasteiger partial charge in [0.2, 0.25) is 0 Å². The lowest BCUT2D eigenvalue weighted by molar-refractivity contribution is 0.898. The molecule has 6 rings (SSSR count). The van der Waals surface area contributed by atoms with E-state index in [2.05, 4.69) is 54.3 Å². The molecule has 0 amide bonds. The maximum Gasteiger partial charge on any atom is 0.159 e. The molecular formula is C25H21N9. The third-order valence-corrected chi connectivity index (χ3v) is 5.50. The third kappa shape index (κ3) is 3.53. The first-order valence-corrected chi connectivity index (χ1v) is 11.0. The van der Waals surface area contributed by atoms with E-state index < -0.39 is 0 Å². The van der Waals surface area contributed by atoms with Crippen LogP contribution in [0.1, 0.15) is 13.8 Å². The lowest BCUT2D eigenvalue weighted by Crippen LogP contribution is -2.09. The van der Waals surface area contributed by atoms with Gasteiger partial charge in [0.25, 0.3) is 0 Å². The van der Waals surface area contributed by atoms with Gasteiger partial charge in [0, 0.05) is 47.3 Å². The Kier molecular flexibility index (Phi) is 4.72. The van der Waals surface area contributed by atoms with Gasteiger partial charge in [-0.2, -0.15) is 5.10 Å². The molecule has 0 radical (unpaired) electrons. The SMILES string of the molecule is CC(C)Nc1cncc(-c2cc3c(-c4nc5c(-c6ccccn6)cncc5[nH]4)n[nH]c3cn2)c1. The molecule has 9 nitrogen and oxygen atoms in total. The first kappa shape index (κ1) is 20.0. The van der Waals surface area contributed by atoms with Crippen molar-refractivity contribution in [3.8, 4) is 34.0 Å². The molecule has 0 saturated carbocycles. The van der Waals surface area contributed by atoms with Crippen LogP contribution in [-0.4, -0.2) is 46.1 Å². The number of fused-ring (bicyclic) bond motifs is 2. The fourth-order valence-corrected chi connectivity index (χ4v) is 4.00. The normalized spacial score (nSPS) is 11.5. The zero-order chi connectivity index (χ0) is 23.1. The third-order valence-electron chi connectivity index (χ3n) is 5.50. The first-order valence-electron chi connectivity index (χ1n) is 11.0. The molecule has 0 aliphatic rings. The van der Waals surface area contributed by atoms with Crippen molar-refractivity contribution in [3.63, 3.8) is 0 Å². The Balaban J connectivity index is 1.45. The van der Waals surface area contributed by atoms with Crippen LogP contribution < -0.4 is 5.32 Å². The molecule has 0 aliphatic carbocycles. The lowest BCUT2D eigenvalue weighted by atomic mass is 10.1. The number of anilines is 1. The summed E-state index contributed by atoms with van der Waals surface area (Å²) in [6.07, 6.45) is 10.7. The van der Waals surface area contributed by atoms with Gasteiger partial charge in [0.05, 0.1) is 40.5 Å². The molecule has 6 aromatic heterocycles. The quantitative estimate of drug-likeness (QED) is 0.346. The number of hydrogen-bond donors (Lipinski definition) is 3. The van der Waals surface area contributed by atoms with Crippen LogP contribution in [0.15, 0.2) is 67.5 Å². The minimum atomic E-state index is 0.312. The largest absolute Gasteiger partial charge is 0.382 e. The highest BCUT2D eigenvalue weighted by Crippen LogP contribution is 2.31. The molecule has 0 spiro atoms. The molecule has 0 aromatic carbocycles. The van der Waals surface area contributed by atoms with Gasteiger partial charge in [-0.1, -0.05) is 6.07 Å². The van der Waals surface area contributed by atoms with Gasteiger partial charge < -0.3 is 10.3 Å². The molecule has 0 saturated heterocycles. The standard InChI is InChI=1S/C25H21N9/c1-14(2)30-16-7-15(9-26-10-16)20-8-17-21(13-29-20)33-34-24(17)25-31-22-12-27-11-18(23(22)32-25)19-5-3-4-6-28-19/h3-14,30H,1-2H3,(H,31,32)(H,33,34). The Morgan fingerprint density at radius 3 is 2.65 bits per heavy atom. The minimum absolute atomic E-state index is 0.312. The van der Waals surface area contributed by atoms with Gasteiger partial charge >= 0.3 is 0 Å². The number of H-pyrrole nitrogens is 2. The van der Waals surface area contributed by atoms with Crippen LogP contribution in [0, 0.1) is 0 Å². The first-order chi connectivity index (χ1) is 16.7. The Hall–Kier alpha value is -4.66. The highest BCUT2D eigenvalue weighted by Gasteiger charge is 2.17. The van der Waals surface area contributed by atoms with Gasteiger partial charge in [0.1, 0.15) is 11.2 Å². The van der Waals surface area contributed by atoms with Crippen molar-refractivity contribution in [1.82, 2.24) is 40.1 Å². The van der Waals surface area contributed by atoms with E-state index in [1.165, 1.54) is 0 Å². The van der Waals surface area contributed by atoms with E-state index in [9.17, 15) is 0 Å². The average Bonchev–Trinajstić information content (AvgIpc) is 3.48. The number of imidazole rings is 1. The maximum atomic E-state index is 4.87. The summed E-state index contributed by atoms with van der Waals surface area (Å²) in [5.41, 5.74) is 7.52. The van der Waals surface area contributed by atoms with Crippen LogP contribution in [0.4, 0.5) is 5.69 Å². The summed E-state index contributed by atoms with van der Waals surface area (Å²) in [7, 11) is 0. The monoisotopic (exact) mass is 447 g/mol. The van der Waals surface area contributed by atoms with E-state index in [-0.39, 0.29) is 0 Å². The highest BCUT2D eigenvalue weighted by molar-refractivity contribution is 5.97. The van der Waals surface area contributed by atoms with Crippen molar-refractivity contribution in [1.29, 1.82) is 0 Å². The van der Waals surface area contributed by atoms with E-state index in [0.29, 0.717) is 17.6 Å². The summed E-state index contributed by atoms with van der Waals surface area (Å²) in [6.45, 7) is 4.19. The molecule has 34 heavy (non-hydrogen) atoms. The van der Waals surface area contributed by atoms with Crippen molar-refractivity contribution in [2.24, 2.45) is 0 Å². The smallest absolute Gasteiger partial charge is 0.159 e. The zero-order valence-electron chi connectivity index (χ0n) is 18.6. The zero-order valence-corrected chi connectivity index (χ0v) is 18.6. The molecule has 6 aromatic rings. The summed E-state index contributed by atoms with van der Waals surface area (Å²) in [4.78, 5) is 26.0. The number of hydrogen-bond acceptors (Lipinski definition) is 7. The molecular weight excluding hydrogens is 426 g/mol. The summed E-state index contributed by atoms with van der Waals surface area (Å²) in [6, 6.07) is 10.2. The van der Waals surface area contributed by atoms with Crippen molar-refractivity contribution >= 4 is 27.6 Å². The number of nitrogens with zero attached hydrogens (tertiary/aromatic N) is 6. The topological polar surface area (TPSA) is 121 Å². The Bertz CT molecular complexity index is 1620. The molecule has 0 unspecified atom stereocenters. The predicted molar refractivity (Wildman–Crippen MR) is 132 cm³/mol. The van der Waals surface area contributed by atoms with Gasteiger partial charge in [-0.05, 0) is 38.1 Å². The fraction of sp³-hybridized carbons (Fsp3) is 0.120. The molecule has 0 fully saturated rings. The number of aromatic amines is 2. The van der Waals surface area contributed by atoms with Gasteiger partial charge in [-0.15, -0.1) is 0 Å². The molecule has 3 N–H and O–H groups in total. The van der Waals surface area contributed by atoms with Gasteiger partial charge in [0.15, 0.2) is 5.82 Å². The van der Waals surface area contributed by atoms with E-state index in [4.69, 9.17) is 4.98 Å². The summed E-state index contributed by atoms with van der Waals surface area (Å²) in [5, 5.41) is 11.9. The molecule has 6 heterocycles. The van der Waals surface area contributed by atoms with E-state index >= 15 is 0 Å². The molecule has 0 bridgehead atoms. The second-order valence-corrected chi connectivity index (χ2v) is 8.33. The average molecular weight is 448 g/mol. The summed E-state index contributed by atoms with van der Waals surface area (Å²) >= 11 is 0. The van der Waals surface area contributed by atoms with Crippen LogP contribution in [0.2, 0.25) is 0 Å². The van der Waals surface area contributed by atoms with Crippen LogP contribution >= 0.6 is 0 Å². The van der Waals surface area contributed by atoms with Crippen LogP contribution in [0.25, 0.3) is 56.0 Å². The second kappa shape index (κ2) is 8.04. The number of pyridine rings is 4. The van der Waals surface area contributed by atoms with Crippen molar-refractivity contribution in [3.05, 3.63) is 67.5 Å². The number of nitrogens with one attached hydrogen (secondary N) is 3. The molecule has 0 aliphatic heterocycles. The lowest BCUT2D eigenvalue weighted by Gasteiger charge is -2.10. The molecule has 166 valence electrons. The Morgan fingerprint density at radius 2 is 1.79 bits per heavy atom. The molecule has 0 atom stereocenters. The predicted octanol–water partition coefficient (Wildman–Crippen LogP) is 4.84. The number of aromatic nitrogens is 8. The van der Waals surface area contributed by atoms with Crippen molar-refractivity contribution in [2.75, 3.05) is 5.32 Å². The summed E-state index contributed by atoms with van der Waals surface area (Å²) < 4.78 is 0. The Labute approximate surface area is 194 Å². The second-order valence-electron chi connectivity index (χ2n) is 8.33. The fourth-order valence-electron chi connectivity index (χ4n) is 4.00.